The van der Waals surface area contributed by atoms with Crippen LogP contribution in [-0.4, -0.2) is 50.9 Å². The molecule has 6 rings (SSSR count). The fraction of sp³-hybridized carbons (Fsp3) is 0.188. The summed E-state index contributed by atoms with van der Waals surface area (Å²) in [5, 5.41) is 26.3. The van der Waals surface area contributed by atoms with Gasteiger partial charge < -0.3 is 15.3 Å². The van der Waals surface area contributed by atoms with Gasteiger partial charge in [0.1, 0.15) is 17.9 Å². The normalized spacial score (nSPS) is 20.9. The summed E-state index contributed by atoms with van der Waals surface area (Å²) in [6.07, 6.45) is 2.26. The van der Waals surface area contributed by atoms with Crippen molar-refractivity contribution < 1.29 is 24.4 Å². The van der Waals surface area contributed by atoms with Gasteiger partial charge in [-0.1, -0.05) is 72.8 Å². The summed E-state index contributed by atoms with van der Waals surface area (Å²) < 4.78 is 5.47. The Morgan fingerprint density at radius 3 is 2.40 bits per heavy atom. The molecule has 0 aliphatic carbocycles. The number of amides is 2. The van der Waals surface area contributed by atoms with Crippen LogP contribution in [0.1, 0.15) is 17.2 Å². The largest absolute Gasteiger partial charge is 0.496 e. The van der Waals surface area contributed by atoms with Crippen LogP contribution < -0.4 is 10.2 Å². The molecule has 10 heteroatoms. The number of imide groups is 1. The maximum Gasteiger partial charge on any atom is 0.269 e. The molecule has 1 fully saturated rings. The first-order valence-corrected chi connectivity index (χ1v) is 13.5. The number of non-ortho nitro benzene ring substituents is 1. The number of carbonyl (C=O) groups is 2. The topological polar surface area (TPSA) is 125 Å². The number of nitrogens with one attached hydrogen (secondary N) is 1. The molecule has 4 atom stereocenters. The Morgan fingerprint density at radius 2 is 1.64 bits per heavy atom. The summed E-state index contributed by atoms with van der Waals surface area (Å²) in [6, 6.07) is 24.6. The lowest BCUT2D eigenvalue weighted by molar-refractivity contribution is -0.384. The molecule has 2 amide bonds. The SMILES string of the molecule is COc1ccccc1C(O)C1C=CC2C(=O)N(Cc3cccc4ccccc34)C(=O)C2N1Nc1ccc([N+](=O)[O-])cc1. The number of rotatable bonds is 8. The monoisotopic (exact) mass is 564 g/mol. The predicted octanol–water partition coefficient (Wildman–Crippen LogP) is 4.61. The third-order valence-corrected chi connectivity index (χ3v) is 7.87. The number of nitrogens with zero attached hydrogens (tertiary/aromatic N) is 3. The molecule has 2 N–H and O–H groups in total. The van der Waals surface area contributed by atoms with Crippen LogP contribution in [0, 0.1) is 16.0 Å². The van der Waals surface area contributed by atoms with E-state index in [0.29, 0.717) is 17.0 Å². The van der Waals surface area contributed by atoms with E-state index in [4.69, 9.17) is 4.74 Å². The Labute approximate surface area is 241 Å². The van der Waals surface area contributed by atoms with Gasteiger partial charge in [-0.15, -0.1) is 0 Å². The Balaban J connectivity index is 1.37. The molecule has 2 aliphatic rings. The molecule has 0 aromatic heterocycles. The van der Waals surface area contributed by atoms with Gasteiger partial charge in [0.25, 0.3) is 5.69 Å². The first-order chi connectivity index (χ1) is 20.4. The summed E-state index contributed by atoms with van der Waals surface area (Å²) in [4.78, 5) is 39.7. The molecule has 4 aromatic rings. The number of ether oxygens (including phenoxy) is 1. The summed E-state index contributed by atoms with van der Waals surface area (Å²) in [5.74, 6) is -1.06. The Bertz CT molecular complexity index is 1700. The molecule has 4 aromatic carbocycles. The Hall–Kier alpha value is -5.06. The lowest BCUT2D eigenvalue weighted by Crippen LogP contribution is -2.55. The van der Waals surface area contributed by atoms with Crippen molar-refractivity contribution in [1.82, 2.24) is 9.91 Å². The minimum absolute atomic E-state index is 0.0871. The van der Waals surface area contributed by atoms with Crippen molar-refractivity contribution in [1.29, 1.82) is 0 Å². The van der Waals surface area contributed by atoms with E-state index in [1.54, 1.807) is 41.4 Å². The summed E-state index contributed by atoms with van der Waals surface area (Å²) in [5.41, 5.74) is 4.90. The van der Waals surface area contributed by atoms with Crippen molar-refractivity contribution in [3.05, 3.63) is 124 Å². The van der Waals surface area contributed by atoms with Gasteiger partial charge in [-0.25, -0.2) is 5.01 Å². The van der Waals surface area contributed by atoms with Crippen LogP contribution in [-0.2, 0) is 16.1 Å². The molecule has 0 saturated carbocycles. The van der Waals surface area contributed by atoms with Gasteiger partial charge in [-0.05, 0) is 34.5 Å². The second-order valence-corrected chi connectivity index (χ2v) is 10.3. The number of anilines is 1. The molecule has 0 radical (unpaired) electrons. The zero-order chi connectivity index (χ0) is 29.4. The molecule has 10 nitrogen and oxygen atoms in total. The van der Waals surface area contributed by atoms with E-state index in [-0.39, 0.29) is 18.1 Å². The van der Waals surface area contributed by atoms with Crippen LogP contribution in [0.3, 0.4) is 0 Å². The molecule has 2 aliphatic heterocycles. The van der Waals surface area contributed by atoms with E-state index >= 15 is 0 Å². The molecular formula is C32H28N4O6. The Morgan fingerprint density at radius 1 is 0.929 bits per heavy atom. The summed E-state index contributed by atoms with van der Waals surface area (Å²) in [6.45, 7) is 0.102. The average Bonchev–Trinajstić information content (AvgIpc) is 3.26. The van der Waals surface area contributed by atoms with Gasteiger partial charge in [0.05, 0.1) is 30.5 Å². The van der Waals surface area contributed by atoms with E-state index in [1.807, 2.05) is 42.5 Å². The maximum atomic E-state index is 14.1. The van der Waals surface area contributed by atoms with Gasteiger partial charge in [0.2, 0.25) is 11.8 Å². The van der Waals surface area contributed by atoms with Crippen LogP contribution in [0.25, 0.3) is 10.8 Å². The van der Waals surface area contributed by atoms with Gasteiger partial charge in [-0.2, -0.15) is 0 Å². The number of likely N-dealkylation sites (tertiary alicyclic amines) is 1. The Kier molecular flexibility index (Phi) is 7.15. The lowest BCUT2D eigenvalue weighted by Gasteiger charge is -2.40. The first-order valence-electron chi connectivity index (χ1n) is 13.5. The molecular weight excluding hydrogens is 536 g/mol. The van der Waals surface area contributed by atoms with Crippen LogP contribution in [0.2, 0.25) is 0 Å². The molecule has 212 valence electrons. The van der Waals surface area contributed by atoms with Crippen molar-refractivity contribution >= 4 is 34.0 Å². The third kappa shape index (κ3) is 4.76. The fourth-order valence-electron chi connectivity index (χ4n) is 5.79. The molecule has 42 heavy (non-hydrogen) atoms. The number of fused-ring (bicyclic) bond motifs is 2. The highest BCUT2D eigenvalue weighted by molar-refractivity contribution is 6.08. The van der Waals surface area contributed by atoms with Gasteiger partial charge in [0, 0.05) is 23.4 Å². The van der Waals surface area contributed by atoms with Gasteiger partial charge in [-0.3, -0.25) is 24.6 Å². The van der Waals surface area contributed by atoms with Crippen LogP contribution in [0.15, 0.2) is 103 Å². The number of aliphatic hydroxyl groups excluding tert-OH is 1. The molecule has 0 bridgehead atoms. The lowest BCUT2D eigenvalue weighted by atomic mass is 9.90. The van der Waals surface area contributed by atoms with Gasteiger partial charge >= 0.3 is 0 Å². The fourth-order valence-corrected chi connectivity index (χ4v) is 5.79. The minimum Gasteiger partial charge on any atom is -0.496 e. The number of aliphatic hydroxyl groups is 1. The molecule has 2 heterocycles. The number of hydrogen-bond donors (Lipinski definition) is 2. The summed E-state index contributed by atoms with van der Waals surface area (Å²) in [7, 11) is 1.51. The van der Waals surface area contributed by atoms with Crippen LogP contribution in [0.5, 0.6) is 5.75 Å². The highest BCUT2D eigenvalue weighted by Crippen LogP contribution is 2.39. The van der Waals surface area contributed by atoms with E-state index < -0.39 is 34.9 Å². The van der Waals surface area contributed by atoms with E-state index in [2.05, 4.69) is 5.43 Å². The first kappa shape index (κ1) is 27.1. The smallest absolute Gasteiger partial charge is 0.269 e. The summed E-state index contributed by atoms with van der Waals surface area (Å²) >= 11 is 0. The number of carbonyl (C=O) groups excluding carboxylic acids is 2. The second-order valence-electron chi connectivity index (χ2n) is 10.3. The zero-order valence-corrected chi connectivity index (χ0v) is 22.7. The van der Waals surface area contributed by atoms with E-state index in [9.17, 15) is 24.8 Å². The zero-order valence-electron chi connectivity index (χ0n) is 22.7. The average molecular weight is 565 g/mol. The number of nitro groups is 1. The van der Waals surface area contributed by atoms with Crippen molar-refractivity contribution in [2.75, 3.05) is 12.5 Å². The molecule has 0 spiro atoms. The number of para-hydroxylation sites is 1. The number of benzene rings is 4. The number of hydrogen-bond acceptors (Lipinski definition) is 8. The van der Waals surface area contributed by atoms with Crippen molar-refractivity contribution in [2.24, 2.45) is 5.92 Å². The van der Waals surface area contributed by atoms with Crippen molar-refractivity contribution in [3.8, 4) is 5.75 Å². The predicted molar refractivity (Wildman–Crippen MR) is 156 cm³/mol. The van der Waals surface area contributed by atoms with Crippen molar-refractivity contribution in [3.63, 3.8) is 0 Å². The van der Waals surface area contributed by atoms with Gasteiger partial charge in [0.15, 0.2) is 0 Å². The maximum absolute atomic E-state index is 14.1. The van der Waals surface area contributed by atoms with E-state index in [0.717, 1.165) is 16.3 Å². The number of hydrazine groups is 1. The molecule has 4 unspecified atom stereocenters. The highest BCUT2D eigenvalue weighted by atomic mass is 16.6. The number of nitro benzene ring substituents is 1. The van der Waals surface area contributed by atoms with Crippen LogP contribution in [0.4, 0.5) is 11.4 Å². The second kappa shape index (κ2) is 11.1. The van der Waals surface area contributed by atoms with Crippen LogP contribution >= 0.6 is 0 Å². The quantitative estimate of drug-likeness (QED) is 0.138. The number of methoxy groups -OCH3 is 1. The molecule has 1 saturated heterocycles. The van der Waals surface area contributed by atoms with E-state index in [1.165, 1.54) is 36.3 Å². The van der Waals surface area contributed by atoms with Crippen molar-refractivity contribution in [2.45, 2.75) is 24.7 Å². The highest BCUT2D eigenvalue weighted by Gasteiger charge is 2.53. The third-order valence-electron chi connectivity index (χ3n) is 7.87. The minimum atomic E-state index is -1.14. The standard InChI is InChI=1S/C32H28N4O6/c1-42-28-12-5-4-11-25(28)30(37)27-18-17-26-29(35(27)33-22-13-15-23(16-14-22)36(40)41)32(39)34(31(26)38)19-21-9-6-8-20-7-2-3-10-24(20)21/h2-18,26-27,29-30,33,37H,19H2,1H3.